The average Bonchev–Trinajstić information content (AvgIpc) is 2.53. The number of esters is 1. The lowest BCUT2D eigenvalue weighted by atomic mass is 10.2. The predicted octanol–water partition coefficient (Wildman–Crippen LogP) is 3.04. The van der Waals surface area contributed by atoms with Crippen molar-refractivity contribution >= 4 is 34.9 Å². The van der Waals surface area contributed by atoms with Gasteiger partial charge in [-0.3, -0.25) is 14.9 Å². The molecule has 0 aliphatic rings. The second-order valence-electron chi connectivity index (χ2n) is 4.41. The minimum absolute atomic E-state index is 0.149. The van der Waals surface area contributed by atoms with Gasteiger partial charge in [0.05, 0.1) is 4.92 Å². The number of carbonyl (C=O) groups is 2. The van der Waals surface area contributed by atoms with Gasteiger partial charge in [-0.2, -0.15) is 0 Å². The third-order valence-corrected chi connectivity index (χ3v) is 3.00. The van der Waals surface area contributed by atoms with E-state index in [0.717, 1.165) is 12.1 Å². The zero-order valence-electron chi connectivity index (χ0n) is 11.7. The first-order valence-corrected chi connectivity index (χ1v) is 6.81. The van der Waals surface area contributed by atoms with E-state index >= 15 is 0 Å². The zero-order valence-corrected chi connectivity index (χ0v) is 12.4. The van der Waals surface area contributed by atoms with Gasteiger partial charge in [0, 0.05) is 16.8 Å². The quantitative estimate of drug-likeness (QED) is 0.514. The maximum atomic E-state index is 11.9. The molecule has 2 aromatic carbocycles. The molecule has 2 rings (SSSR count). The number of amides is 1. The number of anilines is 1. The largest absolute Gasteiger partial charge is 0.452 e. The molecular weight excluding hydrogens is 324 g/mol. The van der Waals surface area contributed by atoms with Crippen molar-refractivity contribution in [1.82, 2.24) is 0 Å². The summed E-state index contributed by atoms with van der Waals surface area (Å²) in [7, 11) is 0. The molecule has 2 aromatic rings. The Labute approximate surface area is 136 Å². The Morgan fingerprint density at radius 2 is 1.87 bits per heavy atom. The van der Waals surface area contributed by atoms with Gasteiger partial charge >= 0.3 is 5.97 Å². The minimum Gasteiger partial charge on any atom is -0.452 e. The summed E-state index contributed by atoms with van der Waals surface area (Å²) in [5.41, 5.74) is -0.208. The van der Waals surface area contributed by atoms with Crippen molar-refractivity contribution in [1.29, 1.82) is 0 Å². The summed E-state index contributed by atoms with van der Waals surface area (Å²) in [6, 6.07) is 12.1. The van der Waals surface area contributed by atoms with Crippen molar-refractivity contribution in [2.24, 2.45) is 0 Å². The highest BCUT2D eigenvalue weighted by atomic mass is 35.5. The number of nitrogens with zero attached hydrogens (tertiary/aromatic N) is 1. The summed E-state index contributed by atoms with van der Waals surface area (Å²) >= 11 is 5.73. The molecule has 1 amide bonds. The van der Waals surface area contributed by atoms with E-state index in [-0.39, 0.29) is 10.6 Å². The smallest absolute Gasteiger partial charge is 0.345 e. The van der Waals surface area contributed by atoms with Crippen LogP contribution < -0.4 is 5.32 Å². The van der Waals surface area contributed by atoms with Gasteiger partial charge in [-0.25, -0.2) is 4.79 Å². The number of hydrogen-bond acceptors (Lipinski definition) is 5. The van der Waals surface area contributed by atoms with Gasteiger partial charge in [0.15, 0.2) is 6.61 Å². The van der Waals surface area contributed by atoms with E-state index < -0.39 is 29.1 Å². The molecular formula is C15H11ClN2O5. The number of ether oxygens (including phenoxy) is 1. The van der Waals surface area contributed by atoms with Crippen molar-refractivity contribution in [3.05, 3.63) is 69.2 Å². The highest BCUT2D eigenvalue weighted by Crippen LogP contribution is 2.23. The van der Waals surface area contributed by atoms with E-state index in [1.165, 1.54) is 6.07 Å². The second-order valence-corrected chi connectivity index (χ2v) is 4.85. The highest BCUT2D eigenvalue weighted by molar-refractivity contribution is 6.31. The van der Waals surface area contributed by atoms with Crippen LogP contribution in [0.15, 0.2) is 48.5 Å². The number of hydrogen-bond donors (Lipinski definition) is 1. The monoisotopic (exact) mass is 334 g/mol. The lowest BCUT2D eigenvalue weighted by molar-refractivity contribution is -0.385. The van der Waals surface area contributed by atoms with Gasteiger partial charge in [0.2, 0.25) is 0 Å². The molecule has 0 aromatic heterocycles. The topological polar surface area (TPSA) is 98.5 Å². The molecule has 0 radical (unpaired) electrons. The Morgan fingerprint density at radius 1 is 1.17 bits per heavy atom. The van der Waals surface area contributed by atoms with Crippen LogP contribution in [0.2, 0.25) is 5.02 Å². The zero-order chi connectivity index (χ0) is 16.8. The van der Waals surface area contributed by atoms with Crippen LogP contribution in [0, 0.1) is 10.1 Å². The van der Waals surface area contributed by atoms with Crippen LogP contribution in [-0.2, 0) is 9.53 Å². The Balaban J connectivity index is 2.01. The Hall–Kier alpha value is -2.93. The van der Waals surface area contributed by atoms with Crippen molar-refractivity contribution in [3.63, 3.8) is 0 Å². The molecule has 1 N–H and O–H groups in total. The van der Waals surface area contributed by atoms with E-state index in [1.807, 2.05) is 0 Å². The summed E-state index contributed by atoms with van der Waals surface area (Å²) < 4.78 is 4.79. The van der Waals surface area contributed by atoms with E-state index in [2.05, 4.69) is 5.32 Å². The molecule has 0 spiro atoms. The van der Waals surface area contributed by atoms with Crippen LogP contribution >= 0.6 is 11.6 Å². The summed E-state index contributed by atoms with van der Waals surface area (Å²) in [5, 5.41) is 13.6. The van der Waals surface area contributed by atoms with E-state index in [1.54, 1.807) is 30.3 Å². The molecule has 0 aliphatic heterocycles. The van der Waals surface area contributed by atoms with Crippen molar-refractivity contribution in [2.75, 3.05) is 11.9 Å². The number of halogens is 1. The summed E-state index contributed by atoms with van der Waals surface area (Å²) in [4.78, 5) is 33.8. The molecule has 0 heterocycles. The standard InChI is InChI=1S/C15H11ClN2O5/c16-10-6-7-13(18(21)22)12(8-10)15(20)23-9-14(19)17-11-4-2-1-3-5-11/h1-8H,9H2,(H,17,19). The van der Waals surface area contributed by atoms with Gasteiger partial charge in [-0.05, 0) is 24.3 Å². The summed E-state index contributed by atoms with van der Waals surface area (Å²) in [6.45, 7) is -0.572. The maximum absolute atomic E-state index is 11.9. The van der Waals surface area contributed by atoms with E-state index in [4.69, 9.17) is 16.3 Å². The highest BCUT2D eigenvalue weighted by Gasteiger charge is 2.22. The van der Waals surface area contributed by atoms with Crippen LogP contribution in [0.4, 0.5) is 11.4 Å². The van der Waals surface area contributed by atoms with Crippen molar-refractivity contribution in [3.8, 4) is 0 Å². The predicted molar refractivity (Wildman–Crippen MR) is 83.5 cm³/mol. The molecule has 8 heteroatoms. The van der Waals surface area contributed by atoms with Gasteiger partial charge in [0.25, 0.3) is 11.6 Å². The molecule has 0 saturated carbocycles. The first-order chi connectivity index (χ1) is 11.0. The van der Waals surface area contributed by atoms with Crippen LogP contribution in [-0.4, -0.2) is 23.4 Å². The second kappa shape index (κ2) is 7.37. The van der Waals surface area contributed by atoms with Gasteiger partial charge in [0.1, 0.15) is 5.56 Å². The fourth-order valence-electron chi connectivity index (χ4n) is 1.76. The third-order valence-electron chi connectivity index (χ3n) is 2.77. The average molecular weight is 335 g/mol. The van der Waals surface area contributed by atoms with Crippen LogP contribution in [0.3, 0.4) is 0 Å². The molecule has 7 nitrogen and oxygen atoms in total. The first-order valence-electron chi connectivity index (χ1n) is 6.43. The summed E-state index contributed by atoms with van der Waals surface area (Å²) in [6.07, 6.45) is 0. The maximum Gasteiger partial charge on any atom is 0.345 e. The lowest BCUT2D eigenvalue weighted by Gasteiger charge is -2.07. The number of benzene rings is 2. The van der Waals surface area contributed by atoms with Crippen LogP contribution in [0.5, 0.6) is 0 Å². The molecule has 0 unspecified atom stereocenters. The normalized spacial score (nSPS) is 9.96. The first kappa shape index (κ1) is 16.4. The van der Waals surface area contributed by atoms with Crippen LogP contribution in [0.1, 0.15) is 10.4 Å². The Bertz CT molecular complexity index is 749. The SMILES string of the molecule is O=C(COC(=O)c1cc(Cl)ccc1[N+](=O)[O-])Nc1ccccc1. The summed E-state index contributed by atoms with van der Waals surface area (Å²) in [5.74, 6) is -1.56. The number of nitrogens with one attached hydrogen (secondary N) is 1. The number of nitro groups is 1. The van der Waals surface area contributed by atoms with E-state index in [0.29, 0.717) is 5.69 Å². The number of rotatable bonds is 5. The Kier molecular flexibility index (Phi) is 5.27. The molecule has 0 saturated heterocycles. The van der Waals surface area contributed by atoms with Gasteiger partial charge in [-0.1, -0.05) is 29.8 Å². The lowest BCUT2D eigenvalue weighted by Crippen LogP contribution is -2.21. The number of nitro benzene ring substituents is 1. The molecule has 23 heavy (non-hydrogen) atoms. The third kappa shape index (κ3) is 4.52. The number of para-hydroxylation sites is 1. The molecule has 118 valence electrons. The van der Waals surface area contributed by atoms with E-state index in [9.17, 15) is 19.7 Å². The van der Waals surface area contributed by atoms with Crippen molar-refractivity contribution in [2.45, 2.75) is 0 Å². The fraction of sp³-hybridized carbons (Fsp3) is 0.0667. The van der Waals surface area contributed by atoms with Crippen LogP contribution in [0.25, 0.3) is 0 Å². The fourth-order valence-corrected chi connectivity index (χ4v) is 1.93. The van der Waals surface area contributed by atoms with Gasteiger partial charge in [-0.15, -0.1) is 0 Å². The molecule has 0 fully saturated rings. The van der Waals surface area contributed by atoms with Gasteiger partial charge < -0.3 is 10.1 Å². The molecule has 0 bridgehead atoms. The number of carbonyl (C=O) groups excluding carboxylic acids is 2. The molecule has 0 atom stereocenters. The van der Waals surface area contributed by atoms with Crippen molar-refractivity contribution < 1.29 is 19.2 Å². The minimum atomic E-state index is -0.998. The molecule has 0 aliphatic carbocycles. The Morgan fingerprint density at radius 3 is 2.52 bits per heavy atom.